The van der Waals surface area contributed by atoms with E-state index in [9.17, 15) is 9.59 Å². The average molecular weight is 430 g/mol. The highest BCUT2D eigenvalue weighted by Crippen LogP contribution is 2.21. The van der Waals surface area contributed by atoms with E-state index in [4.69, 9.17) is 0 Å². The van der Waals surface area contributed by atoms with Crippen LogP contribution in [0.1, 0.15) is 44.3 Å². The predicted molar refractivity (Wildman–Crippen MR) is 120 cm³/mol. The Morgan fingerprint density at radius 3 is 2.70 bits per heavy atom. The van der Waals surface area contributed by atoms with Crippen molar-refractivity contribution in [3.8, 4) is 0 Å². The molecule has 1 aliphatic heterocycles. The fourth-order valence-corrected chi connectivity index (χ4v) is 4.18. The highest BCUT2D eigenvalue weighted by Gasteiger charge is 2.21. The van der Waals surface area contributed by atoms with Crippen molar-refractivity contribution < 1.29 is 4.79 Å². The molecule has 3 heterocycles. The van der Waals surface area contributed by atoms with Gasteiger partial charge in [0, 0.05) is 49.9 Å². The Morgan fingerprint density at radius 1 is 1.17 bits per heavy atom. The molecule has 162 valence electrons. The number of aryl methyl sites for hydroxylation is 1. The normalized spacial score (nSPS) is 15.8. The largest absolute Gasteiger partial charge is 0.341 e. The molecular formula is C22H31N5O2S. The summed E-state index contributed by atoms with van der Waals surface area (Å²) in [6, 6.07) is 7.62. The van der Waals surface area contributed by atoms with Gasteiger partial charge >= 0.3 is 0 Å². The van der Waals surface area contributed by atoms with Crippen LogP contribution in [0, 0.1) is 6.92 Å². The number of nitrogens with zero attached hydrogens (tertiary/aromatic N) is 4. The lowest BCUT2D eigenvalue weighted by atomic mass is 9.92. The summed E-state index contributed by atoms with van der Waals surface area (Å²) in [4.78, 5) is 40.8. The zero-order valence-corrected chi connectivity index (χ0v) is 19.1. The van der Waals surface area contributed by atoms with Crippen molar-refractivity contribution in [2.75, 3.05) is 31.9 Å². The number of hydrogen-bond acceptors (Lipinski definition) is 6. The number of pyridine rings is 1. The van der Waals surface area contributed by atoms with Crippen LogP contribution in [0.25, 0.3) is 0 Å². The summed E-state index contributed by atoms with van der Waals surface area (Å²) in [6.45, 7) is 12.1. The Labute approximate surface area is 182 Å². The SMILES string of the molecule is Cc1cccc(CN2CCCN(C(=O)CSc3nc(C(C)(C)C)cc(=O)[nH]3)CC2)n1. The van der Waals surface area contributed by atoms with Gasteiger partial charge in [-0.1, -0.05) is 38.6 Å². The van der Waals surface area contributed by atoms with Gasteiger partial charge in [-0.2, -0.15) is 0 Å². The van der Waals surface area contributed by atoms with Crippen LogP contribution in [-0.2, 0) is 16.8 Å². The minimum Gasteiger partial charge on any atom is -0.341 e. The summed E-state index contributed by atoms with van der Waals surface area (Å²) in [6.07, 6.45) is 0.941. The number of carbonyl (C=O) groups excluding carboxylic acids is 1. The minimum atomic E-state index is -0.214. The van der Waals surface area contributed by atoms with Crippen molar-refractivity contribution in [2.45, 2.75) is 51.2 Å². The second kappa shape index (κ2) is 9.75. The van der Waals surface area contributed by atoms with Crippen LogP contribution < -0.4 is 5.56 Å². The number of carbonyl (C=O) groups is 1. The molecule has 30 heavy (non-hydrogen) atoms. The monoisotopic (exact) mass is 429 g/mol. The van der Waals surface area contributed by atoms with Gasteiger partial charge < -0.3 is 9.88 Å². The first kappa shape index (κ1) is 22.5. The fraction of sp³-hybridized carbons (Fsp3) is 0.545. The summed E-state index contributed by atoms with van der Waals surface area (Å²) in [7, 11) is 0. The molecule has 0 unspecified atom stereocenters. The molecule has 1 fully saturated rings. The van der Waals surface area contributed by atoms with Crippen LogP contribution in [0.3, 0.4) is 0 Å². The molecule has 0 bridgehead atoms. The predicted octanol–water partition coefficient (Wildman–Crippen LogP) is 2.60. The van der Waals surface area contributed by atoms with Gasteiger partial charge in [-0.3, -0.25) is 19.5 Å². The van der Waals surface area contributed by atoms with Crippen LogP contribution in [0.15, 0.2) is 34.2 Å². The van der Waals surface area contributed by atoms with E-state index >= 15 is 0 Å². The van der Waals surface area contributed by atoms with E-state index in [-0.39, 0.29) is 22.6 Å². The minimum absolute atomic E-state index is 0.0827. The van der Waals surface area contributed by atoms with Crippen LogP contribution in [-0.4, -0.2) is 62.6 Å². The molecule has 0 aliphatic carbocycles. The summed E-state index contributed by atoms with van der Waals surface area (Å²) >= 11 is 1.30. The number of aromatic amines is 1. The van der Waals surface area contributed by atoms with E-state index in [0.717, 1.165) is 49.7 Å². The van der Waals surface area contributed by atoms with Crippen molar-refractivity contribution in [2.24, 2.45) is 0 Å². The van der Waals surface area contributed by atoms with Crippen LogP contribution >= 0.6 is 11.8 Å². The van der Waals surface area contributed by atoms with Gasteiger partial charge in [0.15, 0.2) is 5.16 Å². The number of hydrogen-bond donors (Lipinski definition) is 1. The Morgan fingerprint density at radius 2 is 1.97 bits per heavy atom. The van der Waals surface area contributed by atoms with E-state index in [1.165, 1.54) is 17.8 Å². The topological polar surface area (TPSA) is 82.2 Å². The number of rotatable bonds is 5. The first-order valence-electron chi connectivity index (χ1n) is 10.4. The molecule has 3 rings (SSSR count). The maximum atomic E-state index is 12.8. The smallest absolute Gasteiger partial charge is 0.251 e. The lowest BCUT2D eigenvalue weighted by molar-refractivity contribution is -0.128. The molecule has 8 heteroatoms. The average Bonchev–Trinajstić information content (AvgIpc) is 2.91. The zero-order chi connectivity index (χ0) is 21.7. The number of H-pyrrole nitrogens is 1. The van der Waals surface area contributed by atoms with E-state index in [0.29, 0.717) is 11.7 Å². The lowest BCUT2D eigenvalue weighted by Crippen LogP contribution is -2.36. The van der Waals surface area contributed by atoms with Crippen molar-refractivity contribution >= 4 is 17.7 Å². The van der Waals surface area contributed by atoms with Crippen LogP contribution in [0.2, 0.25) is 0 Å². The molecule has 0 atom stereocenters. The van der Waals surface area contributed by atoms with E-state index in [1.54, 1.807) is 0 Å². The second-order valence-corrected chi connectivity index (χ2v) is 9.72. The molecular weight excluding hydrogens is 398 g/mol. The molecule has 0 aromatic carbocycles. The summed E-state index contributed by atoms with van der Waals surface area (Å²) in [5.74, 6) is 0.357. The molecule has 2 aromatic heterocycles. The number of thioether (sulfide) groups is 1. The fourth-order valence-electron chi connectivity index (χ4n) is 3.40. The van der Waals surface area contributed by atoms with Crippen LogP contribution in [0.4, 0.5) is 0 Å². The maximum Gasteiger partial charge on any atom is 0.251 e. The maximum absolute atomic E-state index is 12.8. The van der Waals surface area contributed by atoms with Crippen LogP contribution in [0.5, 0.6) is 0 Å². The standard InChI is InChI=1S/C22H31N5O2S/c1-16-7-5-8-17(23-16)14-26-9-6-10-27(12-11-26)20(29)15-30-21-24-18(22(2,3)4)13-19(28)25-21/h5,7-8,13H,6,9-12,14-15H2,1-4H3,(H,24,25,28). The number of aromatic nitrogens is 3. The lowest BCUT2D eigenvalue weighted by Gasteiger charge is -2.22. The van der Waals surface area contributed by atoms with E-state index in [2.05, 4.69) is 25.9 Å². The van der Waals surface area contributed by atoms with Gasteiger partial charge in [-0.15, -0.1) is 0 Å². The summed E-state index contributed by atoms with van der Waals surface area (Å²) in [5.41, 5.74) is 2.43. The number of nitrogens with one attached hydrogen (secondary N) is 1. The molecule has 0 spiro atoms. The Kier molecular flexibility index (Phi) is 7.31. The molecule has 1 saturated heterocycles. The number of amides is 1. The molecule has 1 aliphatic rings. The quantitative estimate of drug-likeness (QED) is 0.581. The van der Waals surface area contributed by atoms with Gasteiger partial charge in [0.2, 0.25) is 5.91 Å². The molecule has 1 N–H and O–H groups in total. The van der Waals surface area contributed by atoms with Gasteiger partial charge in [0.05, 0.1) is 17.1 Å². The third-order valence-corrected chi connectivity index (χ3v) is 5.95. The molecule has 0 saturated carbocycles. The third-order valence-electron chi connectivity index (χ3n) is 5.09. The second-order valence-electron chi connectivity index (χ2n) is 8.76. The van der Waals surface area contributed by atoms with Gasteiger partial charge in [0.25, 0.3) is 5.56 Å². The first-order valence-corrected chi connectivity index (χ1v) is 11.4. The summed E-state index contributed by atoms with van der Waals surface area (Å²) < 4.78 is 0. The van der Waals surface area contributed by atoms with Crippen molar-refractivity contribution in [3.63, 3.8) is 0 Å². The Hall–Kier alpha value is -2.19. The highest BCUT2D eigenvalue weighted by atomic mass is 32.2. The van der Waals surface area contributed by atoms with Crippen molar-refractivity contribution in [1.29, 1.82) is 0 Å². The molecule has 7 nitrogen and oxygen atoms in total. The van der Waals surface area contributed by atoms with Crippen molar-refractivity contribution in [1.82, 2.24) is 24.8 Å². The molecule has 1 amide bonds. The zero-order valence-electron chi connectivity index (χ0n) is 18.3. The van der Waals surface area contributed by atoms with Crippen molar-refractivity contribution in [3.05, 3.63) is 51.7 Å². The van der Waals surface area contributed by atoms with E-state index < -0.39 is 0 Å². The molecule has 0 radical (unpaired) electrons. The van der Waals surface area contributed by atoms with E-state index in [1.807, 2.05) is 44.7 Å². The van der Waals surface area contributed by atoms with Gasteiger partial charge in [-0.05, 0) is 25.5 Å². The van der Waals surface area contributed by atoms with Gasteiger partial charge in [-0.25, -0.2) is 4.98 Å². The Bertz CT molecular complexity index is 938. The molecule has 2 aromatic rings. The third kappa shape index (κ3) is 6.40. The summed E-state index contributed by atoms with van der Waals surface area (Å²) in [5, 5.41) is 0.503. The van der Waals surface area contributed by atoms with Gasteiger partial charge in [0.1, 0.15) is 0 Å². The Balaban J connectivity index is 1.54. The first-order chi connectivity index (χ1) is 14.2. The highest BCUT2D eigenvalue weighted by molar-refractivity contribution is 7.99.